The van der Waals surface area contributed by atoms with E-state index >= 15 is 0 Å². The molecule has 0 atom stereocenters. The van der Waals surface area contributed by atoms with Crippen LogP contribution in [0, 0.1) is 19.3 Å². The Kier molecular flexibility index (Phi) is 23.7. The maximum Gasteiger partial charge on any atom is 2.00 e. The van der Waals surface area contributed by atoms with E-state index in [2.05, 4.69) is 92.1 Å². The van der Waals surface area contributed by atoms with Crippen molar-refractivity contribution in [3.63, 3.8) is 0 Å². The van der Waals surface area contributed by atoms with Crippen molar-refractivity contribution >= 4 is 34.6 Å². The molecule has 0 unspecified atom stereocenters. The molecule has 342 valence electrons. The molecule has 6 aromatic carbocycles. The molecule has 0 saturated carbocycles. The molecular weight excluding hydrogens is 960 g/mol. The van der Waals surface area contributed by atoms with Crippen molar-refractivity contribution in [2.45, 2.75) is 77.0 Å². The van der Waals surface area contributed by atoms with Crippen LogP contribution in [-0.4, -0.2) is 17.9 Å². The van der Waals surface area contributed by atoms with E-state index in [9.17, 15) is 29.7 Å². The summed E-state index contributed by atoms with van der Waals surface area (Å²) >= 11 is 0. The van der Waals surface area contributed by atoms with Crippen LogP contribution in [0.5, 0.6) is 0 Å². The van der Waals surface area contributed by atoms with E-state index in [1.165, 1.54) is 147 Å². The maximum absolute atomic E-state index is 10.1. The summed E-state index contributed by atoms with van der Waals surface area (Å²) in [5.41, 5.74) is 19.5. The molecule has 12 rings (SSSR count). The second-order valence-electron chi connectivity index (χ2n) is 16.8. The summed E-state index contributed by atoms with van der Waals surface area (Å²) in [5.74, 6) is -3.39. The predicted octanol–water partition coefficient (Wildman–Crippen LogP) is 10.3. The standard InChI is InChI=1S/3C13H13.3C7H6O2.3Ti/c3*1-3-7-12-10(5-1)9-11-6-2-4-8-13(11)12;3*8-7(9)6-4-2-1-3-5-6;;;/h3*1,3,5-7H,2,4,8-9H2;3*1-5H,(H,8,9);;;/q3*-1;;;;3*+2/p-3. The van der Waals surface area contributed by atoms with E-state index < -0.39 is 17.9 Å². The van der Waals surface area contributed by atoms with Gasteiger partial charge in [0.25, 0.3) is 0 Å². The first kappa shape index (κ1) is 56.3. The number of carbonyl (C=O) groups is 3. The quantitative estimate of drug-likeness (QED) is 0.129. The number of carbonyl (C=O) groups excluding carboxylic acids is 3. The largest absolute Gasteiger partial charge is 2.00 e. The number of hydrogen-bond acceptors (Lipinski definition) is 6. The third-order valence-electron chi connectivity index (χ3n) is 12.4. The molecule has 9 heteroatoms. The summed E-state index contributed by atoms with van der Waals surface area (Å²) in [6.07, 6.45) is 22.6. The third-order valence-corrected chi connectivity index (χ3v) is 12.4. The molecular formula is C60H54O6Ti3. The Morgan fingerprint density at radius 3 is 0.797 bits per heavy atom. The first-order valence-corrected chi connectivity index (χ1v) is 23.0. The maximum atomic E-state index is 10.1. The van der Waals surface area contributed by atoms with Crippen LogP contribution in [0.25, 0.3) is 16.7 Å². The number of rotatable bonds is 3. The molecule has 0 aromatic heterocycles. The molecule has 0 amide bonds. The first-order valence-electron chi connectivity index (χ1n) is 23.0. The Balaban J connectivity index is 0.000000181. The van der Waals surface area contributed by atoms with Crippen LogP contribution < -0.4 is 15.3 Å². The van der Waals surface area contributed by atoms with Crippen molar-refractivity contribution in [3.8, 4) is 0 Å². The van der Waals surface area contributed by atoms with Gasteiger partial charge < -0.3 is 29.7 Å². The van der Waals surface area contributed by atoms with Gasteiger partial charge >= 0.3 is 65.2 Å². The Labute approximate surface area is 452 Å². The van der Waals surface area contributed by atoms with Crippen molar-refractivity contribution in [1.29, 1.82) is 0 Å². The number of allylic oxidation sites excluding steroid dienone is 6. The summed E-state index contributed by atoms with van der Waals surface area (Å²) in [6.45, 7) is 0. The van der Waals surface area contributed by atoms with Crippen LogP contribution >= 0.6 is 0 Å². The van der Waals surface area contributed by atoms with Crippen molar-refractivity contribution in [3.05, 3.63) is 250 Å². The summed E-state index contributed by atoms with van der Waals surface area (Å²) in [5, 5.41) is 30.3. The monoisotopic (exact) mass is 1010 g/mol. The van der Waals surface area contributed by atoms with Crippen molar-refractivity contribution < 1.29 is 94.9 Å². The van der Waals surface area contributed by atoms with Crippen molar-refractivity contribution in [1.82, 2.24) is 0 Å². The van der Waals surface area contributed by atoms with Gasteiger partial charge in [0.2, 0.25) is 0 Å². The van der Waals surface area contributed by atoms with Gasteiger partial charge in [0.05, 0.1) is 17.9 Å². The van der Waals surface area contributed by atoms with Gasteiger partial charge in [-0.15, -0.1) is 36.0 Å². The van der Waals surface area contributed by atoms with E-state index in [0.29, 0.717) is 0 Å². The van der Waals surface area contributed by atoms with E-state index in [1.54, 1.807) is 88.0 Å². The molecule has 69 heavy (non-hydrogen) atoms. The summed E-state index contributed by atoms with van der Waals surface area (Å²) in [4.78, 5) is 30.3. The fraction of sp³-hybridized carbons (Fsp3) is 0.200. The molecule has 0 aliphatic heterocycles. The number of fused-ring (bicyclic) bond motifs is 6. The van der Waals surface area contributed by atoms with Gasteiger partial charge in [0, 0.05) is 0 Å². The van der Waals surface area contributed by atoms with Gasteiger partial charge in [-0.25, -0.2) is 36.0 Å². The van der Waals surface area contributed by atoms with Crippen molar-refractivity contribution in [2.24, 2.45) is 0 Å². The summed E-state index contributed by atoms with van der Waals surface area (Å²) < 4.78 is 0. The zero-order chi connectivity index (χ0) is 46.1. The first-order chi connectivity index (χ1) is 32.3. The molecule has 0 bridgehead atoms. The van der Waals surface area contributed by atoms with Gasteiger partial charge in [0.15, 0.2) is 0 Å². The second-order valence-corrected chi connectivity index (χ2v) is 16.8. The zero-order valence-corrected chi connectivity index (χ0v) is 43.4. The van der Waals surface area contributed by atoms with Crippen LogP contribution in [0.4, 0.5) is 0 Å². The molecule has 0 heterocycles. The van der Waals surface area contributed by atoms with Gasteiger partial charge in [-0.1, -0.05) is 219 Å². The molecule has 6 aliphatic rings. The predicted molar refractivity (Wildman–Crippen MR) is 258 cm³/mol. The Morgan fingerprint density at radius 2 is 0.565 bits per heavy atom. The summed E-state index contributed by atoms with van der Waals surface area (Å²) in [6, 6.07) is 50.7. The molecule has 0 fully saturated rings. The smallest absolute Gasteiger partial charge is 0.545 e. The minimum Gasteiger partial charge on any atom is -0.545 e. The van der Waals surface area contributed by atoms with Crippen LogP contribution in [0.3, 0.4) is 0 Å². The van der Waals surface area contributed by atoms with Crippen molar-refractivity contribution in [2.75, 3.05) is 0 Å². The average molecular weight is 1010 g/mol. The molecule has 0 N–H and O–H groups in total. The van der Waals surface area contributed by atoms with Gasteiger partial charge in [-0.3, -0.25) is 0 Å². The number of carboxylic acids is 3. The molecule has 0 spiro atoms. The number of hydrogen-bond donors (Lipinski definition) is 0. The fourth-order valence-electron chi connectivity index (χ4n) is 9.22. The third kappa shape index (κ3) is 15.9. The number of benzene rings is 6. The summed E-state index contributed by atoms with van der Waals surface area (Å²) in [7, 11) is 0. The molecule has 0 radical (unpaired) electrons. The van der Waals surface area contributed by atoms with E-state index in [-0.39, 0.29) is 81.8 Å². The van der Waals surface area contributed by atoms with Crippen LogP contribution in [0.1, 0.15) is 122 Å². The minimum atomic E-state index is -1.13. The Bertz CT molecular complexity index is 2410. The fourth-order valence-corrected chi connectivity index (χ4v) is 9.22. The van der Waals surface area contributed by atoms with Crippen LogP contribution in [0.2, 0.25) is 0 Å². The van der Waals surface area contributed by atoms with Crippen LogP contribution in [-0.2, 0) is 84.4 Å². The normalized spacial score (nSPS) is 14.4. The second kappa shape index (κ2) is 29.0. The number of aromatic carboxylic acids is 3. The van der Waals surface area contributed by atoms with E-state index in [1.807, 2.05) is 0 Å². The topological polar surface area (TPSA) is 120 Å². The molecule has 6 aromatic rings. The average Bonchev–Trinajstić information content (AvgIpc) is 4.07. The molecule has 0 saturated heterocycles. The minimum absolute atomic E-state index is 0. The zero-order valence-electron chi connectivity index (χ0n) is 38.8. The van der Waals surface area contributed by atoms with Gasteiger partial charge in [-0.2, -0.15) is 16.7 Å². The molecule has 6 nitrogen and oxygen atoms in total. The van der Waals surface area contributed by atoms with E-state index in [4.69, 9.17) is 0 Å². The number of carboxylic acid groups (broad SMARTS) is 3. The van der Waals surface area contributed by atoms with E-state index in [0.717, 1.165) is 0 Å². The Hall–Kier alpha value is -5.30. The Morgan fingerprint density at radius 1 is 0.333 bits per heavy atom. The van der Waals surface area contributed by atoms with Gasteiger partial charge in [-0.05, 0) is 36.0 Å². The van der Waals surface area contributed by atoms with Gasteiger partial charge in [0.1, 0.15) is 0 Å². The molecule has 6 aliphatic carbocycles. The SMILES string of the molecule is O=C([O-])c1ccccc1.O=C([O-])c1ccccc1.O=C([O-])c1ccccc1.[Ti+2].[Ti+2].[Ti+2].c1ccc2c(c1)CC1=C2CCC[CH-]1.c1ccc2c(c1)CC1=C2CCC[CH-]1.c1ccc2c(c1)CC1=C2CCC[CH-]1. The van der Waals surface area contributed by atoms with Crippen LogP contribution in [0.15, 0.2) is 181 Å².